The van der Waals surface area contributed by atoms with Gasteiger partial charge in [0.15, 0.2) is 0 Å². The van der Waals surface area contributed by atoms with E-state index in [4.69, 9.17) is 5.73 Å². The molecular formula is C14H24N2. The van der Waals surface area contributed by atoms with Crippen molar-refractivity contribution in [3.8, 4) is 0 Å². The van der Waals surface area contributed by atoms with Gasteiger partial charge in [-0.15, -0.1) is 0 Å². The Kier molecular flexibility index (Phi) is 4.81. The molecule has 0 amide bonds. The van der Waals surface area contributed by atoms with Crippen LogP contribution in [0, 0.1) is 13.8 Å². The predicted octanol–water partition coefficient (Wildman–Crippen LogP) is 3.16. The van der Waals surface area contributed by atoms with Gasteiger partial charge < -0.3 is 11.1 Å². The Labute approximate surface area is 99.2 Å². The lowest BCUT2D eigenvalue weighted by molar-refractivity contribution is 0.483. The van der Waals surface area contributed by atoms with Gasteiger partial charge in [0.2, 0.25) is 0 Å². The van der Waals surface area contributed by atoms with E-state index in [9.17, 15) is 0 Å². The van der Waals surface area contributed by atoms with Crippen LogP contribution in [-0.2, 0) is 6.54 Å². The van der Waals surface area contributed by atoms with Crippen LogP contribution in [0.3, 0.4) is 0 Å². The maximum absolute atomic E-state index is 5.93. The van der Waals surface area contributed by atoms with Crippen molar-refractivity contribution in [1.29, 1.82) is 0 Å². The summed E-state index contributed by atoms with van der Waals surface area (Å²) in [5, 5.41) is 3.59. The summed E-state index contributed by atoms with van der Waals surface area (Å²) in [7, 11) is 0. The Bertz CT molecular complexity index is 341. The highest BCUT2D eigenvalue weighted by Crippen LogP contribution is 2.20. The molecule has 2 heteroatoms. The van der Waals surface area contributed by atoms with Crippen molar-refractivity contribution in [2.45, 2.75) is 53.1 Å². The molecule has 0 aliphatic carbocycles. The molecule has 0 heterocycles. The van der Waals surface area contributed by atoms with Gasteiger partial charge in [0.05, 0.1) is 0 Å². The maximum Gasteiger partial charge on any atom is 0.0347 e. The van der Waals surface area contributed by atoms with Crippen LogP contribution in [0.2, 0.25) is 0 Å². The number of aryl methyl sites for hydroxylation is 1. The first-order valence-electron chi connectivity index (χ1n) is 6.18. The largest absolute Gasteiger partial charge is 0.399 e. The van der Waals surface area contributed by atoms with Gasteiger partial charge in [-0.05, 0) is 49.4 Å². The summed E-state index contributed by atoms with van der Waals surface area (Å²) >= 11 is 0. The van der Waals surface area contributed by atoms with Gasteiger partial charge in [-0.25, -0.2) is 0 Å². The Morgan fingerprint density at radius 3 is 2.38 bits per heavy atom. The summed E-state index contributed by atoms with van der Waals surface area (Å²) in [4.78, 5) is 0. The molecule has 2 nitrogen and oxygen atoms in total. The number of rotatable bonds is 5. The van der Waals surface area contributed by atoms with Crippen LogP contribution in [0.25, 0.3) is 0 Å². The Hall–Kier alpha value is -1.02. The minimum Gasteiger partial charge on any atom is -0.399 e. The normalized spacial score (nSPS) is 11.1. The number of benzene rings is 1. The van der Waals surface area contributed by atoms with Gasteiger partial charge in [0, 0.05) is 18.3 Å². The highest BCUT2D eigenvalue weighted by Gasteiger charge is 2.07. The number of hydrogen-bond acceptors (Lipinski definition) is 2. The predicted molar refractivity (Wildman–Crippen MR) is 71.5 cm³/mol. The average molecular weight is 220 g/mol. The van der Waals surface area contributed by atoms with E-state index in [1.54, 1.807) is 0 Å². The average Bonchev–Trinajstić information content (AvgIpc) is 2.29. The van der Waals surface area contributed by atoms with Crippen molar-refractivity contribution < 1.29 is 0 Å². The zero-order valence-electron chi connectivity index (χ0n) is 10.9. The van der Waals surface area contributed by atoms with Crippen LogP contribution >= 0.6 is 0 Å². The molecular weight excluding hydrogens is 196 g/mol. The zero-order chi connectivity index (χ0) is 12.1. The van der Waals surface area contributed by atoms with Crippen molar-refractivity contribution in [2.75, 3.05) is 5.73 Å². The van der Waals surface area contributed by atoms with Gasteiger partial charge in [-0.2, -0.15) is 0 Å². The quantitative estimate of drug-likeness (QED) is 0.748. The molecule has 0 atom stereocenters. The lowest BCUT2D eigenvalue weighted by Crippen LogP contribution is -2.27. The first-order valence-corrected chi connectivity index (χ1v) is 6.18. The highest BCUT2D eigenvalue weighted by molar-refractivity contribution is 5.52. The van der Waals surface area contributed by atoms with Crippen molar-refractivity contribution in [2.24, 2.45) is 0 Å². The number of hydrogen-bond donors (Lipinski definition) is 2. The molecule has 16 heavy (non-hydrogen) atoms. The molecule has 90 valence electrons. The molecule has 0 aliphatic heterocycles. The van der Waals surface area contributed by atoms with E-state index in [0.717, 1.165) is 12.2 Å². The van der Waals surface area contributed by atoms with E-state index in [1.807, 2.05) is 6.07 Å². The van der Waals surface area contributed by atoms with E-state index >= 15 is 0 Å². The third-order valence-corrected chi connectivity index (χ3v) is 3.43. The van der Waals surface area contributed by atoms with E-state index in [2.05, 4.69) is 39.1 Å². The minimum atomic E-state index is 0.611. The number of nitrogen functional groups attached to an aromatic ring is 1. The minimum absolute atomic E-state index is 0.611. The third kappa shape index (κ3) is 2.99. The van der Waals surface area contributed by atoms with Crippen LogP contribution in [0.5, 0.6) is 0 Å². The van der Waals surface area contributed by atoms with Crippen LogP contribution in [-0.4, -0.2) is 6.04 Å². The number of anilines is 1. The molecule has 1 rings (SSSR count). The zero-order valence-corrected chi connectivity index (χ0v) is 10.9. The second-order valence-corrected chi connectivity index (χ2v) is 4.47. The standard InChI is InChI=1S/C14H24N2/c1-5-12(6-2)16-9-13-10(3)7-8-14(15)11(13)4/h7-8,12,16H,5-6,9,15H2,1-4H3. The topological polar surface area (TPSA) is 38.0 Å². The van der Waals surface area contributed by atoms with Crippen LogP contribution in [0.1, 0.15) is 43.4 Å². The summed E-state index contributed by atoms with van der Waals surface area (Å²) in [6.45, 7) is 9.62. The summed E-state index contributed by atoms with van der Waals surface area (Å²) < 4.78 is 0. The number of nitrogens with one attached hydrogen (secondary N) is 1. The van der Waals surface area contributed by atoms with Gasteiger partial charge in [0.25, 0.3) is 0 Å². The van der Waals surface area contributed by atoms with E-state index < -0.39 is 0 Å². The summed E-state index contributed by atoms with van der Waals surface area (Å²) in [5.74, 6) is 0. The first kappa shape index (κ1) is 13.0. The molecule has 0 radical (unpaired) electrons. The smallest absolute Gasteiger partial charge is 0.0347 e. The molecule has 0 aliphatic rings. The van der Waals surface area contributed by atoms with E-state index in [-0.39, 0.29) is 0 Å². The van der Waals surface area contributed by atoms with E-state index in [1.165, 1.54) is 29.5 Å². The molecule has 1 aromatic rings. The molecule has 0 bridgehead atoms. The third-order valence-electron chi connectivity index (χ3n) is 3.43. The van der Waals surface area contributed by atoms with Gasteiger partial charge >= 0.3 is 0 Å². The Morgan fingerprint density at radius 2 is 1.81 bits per heavy atom. The molecule has 3 N–H and O–H groups in total. The lowest BCUT2D eigenvalue weighted by atomic mass is 10.0. The summed E-state index contributed by atoms with van der Waals surface area (Å²) in [5.41, 5.74) is 10.7. The van der Waals surface area contributed by atoms with Gasteiger partial charge in [-0.1, -0.05) is 19.9 Å². The Morgan fingerprint density at radius 1 is 1.19 bits per heavy atom. The highest BCUT2D eigenvalue weighted by atomic mass is 14.9. The molecule has 0 unspecified atom stereocenters. The van der Waals surface area contributed by atoms with Gasteiger partial charge in [-0.3, -0.25) is 0 Å². The molecule has 1 aromatic carbocycles. The fourth-order valence-electron chi connectivity index (χ4n) is 2.01. The first-order chi connectivity index (χ1) is 7.60. The molecule has 0 saturated carbocycles. The fraction of sp³-hybridized carbons (Fsp3) is 0.571. The van der Waals surface area contributed by atoms with Crippen LogP contribution in [0.15, 0.2) is 12.1 Å². The second-order valence-electron chi connectivity index (χ2n) is 4.47. The molecule has 0 aromatic heterocycles. The van der Waals surface area contributed by atoms with Crippen molar-refractivity contribution >= 4 is 5.69 Å². The van der Waals surface area contributed by atoms with E-state index in [0.29, 0.717) is 6.04 Å². The lowest BCUT2D eigenvalue weighted by Gasteiger charge is -2.18. The second kappa shape index (κ2) is 5.90. The van der Waals surface area contributed by atoms with Crippen molar-refractivity contribution in [3.05, 3.63) is 28.8 Å². The molecule has 0 saturated heterocycles. The monoisotopic (exact) mass is 220 g/mol. The van der Waals surface area contributed by atoms with Crippen LogP contribution in [0.4, 0.5) is 5.69 Å². The maximum atomic E-state index is 5.93. The molecule has 0 spiro atoms. The Balaban J connectivity index is 2.77. The van der Waals surface area contributed by atoms with Gasteiger partial charge in [0.1, 0.15) is 0 Å². The molecule has 0 fully saturated rings. The van der Waals surface area contributed by atoms with Crippen molar-refractivity contribution in [3.63, 3.8) is 0 Å². The summed E-state index contributed by atoms with van der Waals surface area (Å²) in [6.07, 6.45) is 2.35. The fourth-order valence-corrected chi connectivity index (χ4v) is 2.01. The summed E-state index contributed by atoms with van der Waals surface area (Å²) in [6, 6.07) is 4.71. The number of nitrogens with two attached hydrogens (primary N) is 1. The van der Waals surface area contributed by atoms with Crippen molar-refractivity contribution in [1.82, 2.24) is 5.32 Å². The van der Waals surface area contributed by atoms with Crippen LogP contribution < -0.4 is 11.1 Å². The SMILES string of the molecule is CCC(CC)NCc1c(C)ccc(N)c1C.